The fourth-order valence-corrected chi connectivity index (χ4v) is 3.09. The average Bonchev–Trinajstić information content (AvgIpc) is 2.41. The van der Waals surface area contributed by atoms with Crippen LogP contribution in [0.1, 0.15) is 11.1 Å². The molecule has 0 fully saturated rings. The molecule has 1 N–H and O–H groups in total. The van der Waals surface area contributed by atoms with Gasteiger partial charge in [-0.25, -0.2) is 4.39 Å². The Morgan fingerprint density at radius 2 is 2.00 bits per heavy atom. The second-order valence-electron chi connectivity index (χ2n) is 4.21. The summed E-state index contributed by atoms with van der Waals surface area (Å²) < 4.78 is 13.7. The molecule has 0 atom stereocenters. The van der Waals surface area contributed by atoms with E-state index < -0.39 is 0 Å². The van der Waals surface area contributed by atoms with E-state index >= 15 is 0 Å². The van der Waals surface area contributed by atoms with Gasteiger partial charge in [0.05, 0.1) is 4.47 Å². The number of rotatable bonds is 5. The summed E-state index contributed by atoms with van der Waals surface area (Å²) in [6, 6.07) is 13.6. The lowest BCUT2D eigenvalue weighted by atomic mass is 10.2. The normalized spacial score (nSPS) is 10.7. The van der Waals surface area contributed by atoms with Crippen LogP contribution in [-0.2, 0) is 12.3 Å². The molecule has 0 saturated carbocycles. The SMILES string of the molecule is CNCc1cccc(SCc2ccc(F)c(Br)c2)c1. The van der Waals surface area contributed by atoms with Crippen LogP contribution in [0.2, 0.25) is 0 Å². The lowest BCUT2D eigenvalue weighted by molar-refractivity contribution is 0.620. The van der Waals surface area contributed by atoms with Gasteiger partial charge in [-0.1, -0.05) is 18.2 Å². The molecule has 2 aromatic rings. The summed E-state index contributed by atoms with van der Waals surface area (Å²) in [7, 11) is 1.94. The third-order valence-corrected chi connectivity index (χ3v) is 4.34. The minimum absolute atomic E-state index is 0.218. The Kier molecular flexibility index (Phi) is 5.43. The van der Waals surface area contributed by atoms with Crippen LogP contribution >= 0.6 is 27.7 Å². The minimum atomic E-state index is -0.218. The summed E-state index contributed by atoms with van der Waals surface area (Å²) in [6.07, 6.45) is 0. The summed E-state index contributed by atoms with van der Waals surface area (Å²) in [4.78, 5) is 1.23. The molecule has 0 aromatic heterocycles. The molecule has 2 rings (SSSR count). The van der Waals surface area contributed by atoms with E-state index in [9.17, 15) is 4.39 Å². The highest BCUT2D eigenvalue weighted by molar-refractivity contribution is 9.10. The summed E-state index contributed by atoms with van der Waals surface area (Å²) in [6.45, 7) is 0.872. The molecule has 0 saturated heterocycles. The molecule has 0 spiro atoms. The molecule has 1 nitrogen and oxygen atoms in total. The van der Waals surface area contributed by atoms with E-state index in [0.717, 1.165) is 17.9 Å². The van der Waals surface area contributed by atoms with Crippen LogP contribution in [0.4, 0.5) is 4.39 Å². The highest BCUT2D eigenvalue weighted by atomic mass is 79.9. The van der Waals surface area contributed by atoms with Crippen molar-refractivity contribution in [3.63, 3.8) is 0 Å². The van der Waals surface area contributed by atoms with Crippen LogP contribution in [0.5, 0.6) is 0 Å². The van der Waals surface area contributed by atoms with Crippen molar-refractivity contribution >= 4 is 27.7 Å². The molecular formula is C15H15BrFNS. The van der Waals surface area contributed by atoms with Crippen molar-refractivity contribution in [3.8, 4) is 0 Å². The van der Waals surface area contributed by atoms with Crippen molar-refractivity contribution in [2.24, 2.45) is 0 Å². The van der Waals surface area contributed by atoms with Crippen molar-refractivity contribution in [1.82, 2.24) is 5.32 Å². The van der Waals surface area contributed by atoms with Crippen LogP contribution in [-0.4, -0.2) is 7.05 Å². The van der Waals surface area contributed by atoms with Crippen molar-refractivity contribution in [3.05, 3.63) is 63.9 Å². The molecule has 0 aliphatic heterocycles. The van der Waals surface area contributed by atoms with Crippen LogP contribution in [0.3, 0.4) is 0 Å². The zero-order chi connectivity index (χ0) is 13.7. The van der Waals surface area contributed by atoms with Gasteiger partial charge < -0.3 is 5.32 Å². The van der Waals surface area contributed by atoms with E-state index in [1.54, 1.807) is 11.8 Å². The Labute approximate surface area is 125 Å². The molecular weight excluding hydrogens is 325 g/mol. The summed E-state index contributed by atoms with van der Waals surface area (Å²) in [5.41, 5.74) is 2.38. The number of hydrogen-bond acceptors (Lipinski definition) is 2. The van der Waals surface area contributed by atoms with Crippen LogP contribution < -0.4 is 5.32 Å². The molecule has 0 aliphatic carbocycles. The van der Waals surface area contributed by atoms with E-state index in [1.807, 2.05) is 19.2 Å². The maximum absolute atomic E-state index is 13.1. The highest BCUT2D eigenvalue weighted by Crippen LogP contribution is 2.25. The summed E-state index contributed by atoms with van der Waals surface area (Å²) in [5, 5.41) is 3.14. The molecule has 0 radical (unpaired) electrons. The zero-order valence-corrected chi connectivity index (χ0v) is 13.0. The van der Waals surface area contributed by atoms with Crippen LogP contribution in [0.25, 0.3) is 0 Å². The standard InChI is InChI=1S/C15H15BrFNS/c1-18-9-11-3-2-4-13(7-11)19-10-12-5-6-15(17)14(16)8-12/h2-8,18H,9-10H2,1H3. The van der Waals surface area contributed by atoms with Crippen LogP contribution in [0, 0.1) is 5.82 Å². The molecule has 19 heavy (non-hydrogen) atoms. The second kappa shape index (κ2) is 7.08. The first-order valence-electron chi connectivity index (χ1n) is 5.99. The quantitative estimate of drug-likeness (QED) is 0.799. The monoisotopic (exact) mass is 339 g/mol. The van der Waals surface area contributed by atoms with Crippen molar-refractivity contribution in [2.45, 2.75) is 17.2 Å². The lowest BCUT2D eigenvalue weighted by Crippen LogP contribution is -2.04. The van der Waals surface area contributed by atoms with Gasteiger partial charge in [-0.05, 0) is 58.4 Å². The smallest absolute Gasteiger partial charge is 0.137 e. The Hall–Kier alpha value is -0.840. The molecule has 4 heteroatoms. The highest BCUT2D eigenvalue weighted by Gasteiger charge is 2.02. The van der Waals surface area contributed by atoms with Gasteiger partial charge in [-0.3, -0.25) is 0 Å². The van der Waals surface area contributed by atoms with Crippen molar-refractivity contribution in [1.29, 1.82) is 0 Å². The van der Waals surface area contributed by atoms with Crippen LogP contribution in [0.15, 0.2) is 51.8 Å². The topological polar surface area (TPSA) is 12.0 Å². The first-order valence-corrected chi connectivity index (χ1v) is 7.77. The third-order valence-electron chi connectivity index (χ3n) is 2.67. The summed E-state index contributed by atoms with van der Waals surface area (Å²) in [5.74, 6) is 0.617. The molecule has 0 amide bonds. The van der Waals surface area contributed by atoms with E-state index in [0.29, 0.717) is 4.47 Å². The molecule has 0 aliphatic rings. The van der Waals surface area contributed by atoms with E-state index in [1.165, 1.54) is 16.5 Å². The van der Waals surface area contributed by atoms with Gasteiger partial charge in [0, 0.05) is 17.2 Å². The van der Waals surface area contributed by atoms with Gasteiger partial charge in [0.1, 0.15) is 5.82 Å². The molecule has 0 unspecified atom stereocenters. The van der Waals surface area contributed by atoms with Gasteiger partial charge in [0.25, 0.3) is 0 Å². The van der Waals surface area contributed by atoms with Gasteiger partial charge in [-0.15, -0.1) is 11.8 Å². The first kappa shape index (κ1) is 14.6. The Morgan fingerprint density at radius 1 is 1.16 bits per heavy atom. The van der Waals surface area contributed by atoms with Gasteiger partial charge in [-0.2, -0.15) is 0 Å². The number of benzene rings is 2. The third kappa shape index (κ3) is 4.34. The lowest BCUT2D eigenvalue weighted by Gasteiger charge is -2.06. The molecule has 100 valence electrons. The fourth-order valence-electron chi connectivity index (χ4n) is 1.75. The number of nitrogens with one attached hydrogen (secondary N) is 1. The largest absolute Gasteiger partial charge is 0.316 e. The number of halogens is 2. The molecule has 0 heterocycles. The van der Waals surface area contributed by atoms with Crippen molar-refractivity contribution in [2.75, 3.05) is 7.05 Å². The van der Waals surface area contributed by atoms with Gasteiger partial charge in [0.2, 0.25) is 0 Å². The maximum atomic E-state index is 13.1. The van der Waals surface area contributed by atoms with E-state index in [4.69, 9.17) is 0 Å². The Bertz CT molecular complexity index is 560. The second-order valence-corrected chi connectivity index (χ2v) is 6.12. The molecule has 0 bridgehead atoms. The van der Waals surface area contributed by atoms with Gasteiger partial charge >= 0.3 is 0 Å². The van der Waals surface area contributed by atoms with E-state index in [2.05, 4.69) is 45.5 Å². The molecule has 2 aromatic carbocycles. The maximum Gasteiger partial charge on any atom is 0.137 e. The first-order chi connectivity index (χ1) is 9.19. The average molecular weight is 340 g/mol. The fraction of sp³-hybridized carbons (Fsp3) is 0.200. The predicted octanol–water partition coefficient (Wildman–Crippen LogP) is 4.60. The zero-order valence-electron chi connectivity index (χ0n) is 10.6. The Balaban J connectivity index is 2.01. The Morgan fingerprint density at radius 3 is 2.74 bits per heavy atom. The van der Waals surface area contributed by atoms with Crippen molar-refractivity contribution < 1.29 is 4.39 Å². The van der Waals surface area contributed by atoms with Gasteiger partial charge in [0.15, 0.2) is 0 Å². The predicted molar refractivity (Wildman–Crippen MR) is 82.9 cm³/mol. The summed E-state index contributed by atoms with van der Waals surface area (Å²) >= 11 is 4.97. The van der Waals surface area contributed by atoms with E-state index in [-0.39, 0.29) is 5.82 Å². The minimum Gasteiger partial charge on any atom is -0.316 e. The number of hydrogen-bond donors (Lipinski definition) is 1. The number of thioether (sulfide) groups is 1.